The summed E-state index contributed by atoms with van der Waals surface area (Å²) in [5, 5.41) is 3.48. The molecule has 0 aromatic carbocycles. The van der Waals surface area contributed by atoms with Gasteiger partial charge in [-0.25, -0.2) is 0 Å². The maximum atomic E-state index is 4.66. The molecular weight excluding hydrogens is 234 g/mol. The van der Waals surface area contributed by atoms with Crippen LogP contribution in [0, 0.1) is 5.92 Å². The normalized spacial score (nSPS) is 16.4. The maximum absolute atomic E-state index is 4.66. The highest BCUT2D eigenvalue weighted by atomic mass is 15.1. The molecule has 106 valence electrons. The lowest BCUT2D eigenvalue weighted by molar-refractivity contribution is 0.524. The molecule has 1 unspecified atom stereocenters. The molecule has 0 bridgehead atoms. The van der Waals surface area contributed by atoms with Crippen LogP contribution in [-0.4, -0.2) is 24.6 Å². The molecule has 1 N–H and O–H groups in total. The van der Waals surface area contributed by atoms with Crippen molar-refractivity contribution in [3.8, 4) is 0 Å². The molecule has 3 nitrogen and oxygen atoms in total. The Labute approximate surface area is 117 Å². The molecule has 1 aliphatic rings. The molecule has 1 saturated carbocycles. The van der Waals surface area contributed by atoms with Gasteiger partial charge < -0.3 is 10.2 Å². The van der Waals surface area contributed by atoms with Gasteiger partial charge in [0.05, 0.1) is 17.6 Å². The molecule has 1 aliphatic carbocycles. The summed E-state index contributed by atoms with van der Waals surface area (Å²) in [7, 11) is 0. The molecule has 1 aromatic rings. The van der Waals surface area contributed by atoms with Crippen molar-refractivity contribution >= 4 is 5.69 Å². The Morgan fingerprint density at radius 3 is 2.58 bits per heavy atom. The van der Waals surface area contributed by atoms with E-state index in [1.165, 1.54) is 25.1 Å². The van der Waals surface area contributed by atoms with Gasteiger partial charge in [-0.15, -0.1) is 0 Å². The van der Waals surface area contributed by atoms with Crippen LogP contribution in [0.15, 0.2) is 18.3 Å². The number of hydrogen-bond donors (Lipinski definition) is 1. The van der Waals surface area contributed by atoms with Crippen molar-refractivity contribution in [2.75, 3.05) is 24.5 Å². The van der Waals surface area contributed by atoms with Crippen LogP contribution in [0.3, 0.4) is 0 Å². The molecule has 0 radical (unpaired) electrons. The first-order valence-corrected chi connectivity index (χ1v) is 7.72. The van der Waals surface area contributed by atoms with E-state index in [0.717, 1.165) is 31.1 Å². The summed E-state index contributed by atoms with van der Waals surface area (Å²) in [4.78, 5) is 7.11. The van der Waals surface area contributed by atoms with Gasteiger partial charge in [-0.05, 0) is 50.8 Å². The molecule has 0 saturated heterocycles. The topological polar surface area (TPSA) is 28.2 Å². The van der Waals surface area contributed by atoms with Gasteiger partial charge >= 0.3 is 0 Å². The van der Waals surface area contributed by atoms with Gasteiger partial charge in [-0.1, -0.05) is 13.8 Å². The highest BCUT2D eigenvalue weighted by Crippen LogP contribution is 2.31. The summed E-state index contributed by atoms with van der Waals surface area (Å²) in [5.41, 5.74) is 2.43. The van der Waals surface area contributed by atoms with Gasteiger partial charge in [0.15, 0.2) is 0 Å². The molecule has 1 atom stereocenters. The minimum atomic E-state index is 0.387. The number of anilines is 1. The van der Waals surface area contributed by atoms with Crippen LogP contribution in [0.4, 0.5) is 5.69 Å². The van der Waals surface area contributed by atoms with E-state index in [9.17, 15) is 0 Å². The average Bonchev–Trinajstić information content (AvgIpc) is 3.26. The number of nitrogens with zero attached hydrogens (tertiary/aromatic N) is 2. The molecular formula is C16H27N3. The van der Waals surface area contributed by atoms with E-state index in [4.69, 9.17) is 0 Å². The molecule has 1 fully saturated rings. The summed E-state index contributed by atoms with van der Waals surface area (Å²) < 4.78 is 0. The number of pyridine rings is 1. The Bertz CT molecular complexity index is 370. The van der Waals surface area contributed by atoms with E-state index in [-0.39, 0.29) is 0 Å². The molecule has 0 aliphatic heterocycles. The predicted octanol–water partition coefficient (Wildman–Crippen LogP) is 3.38. The summed E-state index contributed by atoms with van der Waals surface area (Å²) in [6.45, 7) is 9.83. The van der Waals surface area contributed by atoms with Gasteiger partial charge in [0.2, 0.25) is 0 Å². The molecule has 0 spiro atoms. The van der Waals surface area contributed by atoms with Gasteiger partial charge in [-0.2, -0.15) is 0 Å². The standard InChI is InChI=1S/C16H27N3/c1-4-15(17-5-2)16-10-9-14(11-18-16)19(6-3)12-13-7-8-13/h9-11,13,15,17H,4-8,12H2,1-3H3. The van der Waals surface area contributed by atoms with E-state index in [1.54, 1.807) is 0 Å². The lowest BCUT2D eigenvalue weighted by Gasteiger charge is -2.23. The van der Waals surface area contributed by atoms with Crippen molar-refractivity contribution in [2.45, 2.75) is 46.1 Å². The van der Waals surface area contributed by atoms with Gasteiger partial charge in [-0.3, -0.25) is 4.98 Å². The fourth-order valence-corrected chi connectivity index (χ4v) is 2.52. The molecule has 19 heavy (non-hydrogen) atoms. The third-order valence-corrected chi connectivity index (χ3v) is 3.91. The first-order valence-electron chi connectivity index (χ1n) is 7.72. The van der Waals surface area contributed by atoms with Crippen LogP contribution in [-0.2, 0) is 0 Å². The van der Waals surface area contributed by atoms with E-state index >= 15 is 0 Å². The van der Waals surface area contributed by atoms with Crippen LogP contribution in [0.25, 0.3) is 0 Å². The molecule has 1 aromatic heterocycles. The van der Waals surface area contributed by atoms with Crippen molar-refractivity contribution in [1.82, 2.24) is 10.3 Å². The quantitative estimate of drug-likeness (QED) is 0.777. The van der Waals surface area contributed by atoms with E-state index < -0.39 is 0 Å². The summed E-state index contributed by atoms with van der Waals surface area (Å²) in [6.07, 6.45) is 5.93. The Hall–Kier alpha value is -1.09. The average molecular weight is 261 g/mol. The maximum Gasteiger partial charge on any atom is 0.0574 e. The molecule has 3 heteroatoms. The largest absolute Gasteiger partial charge is 0.370 e. The van der Waals surface area contributed by atoms with Crippen molar-refractivity contribution < 1.29 is 0 Å². The molecule has 1 heterocycles. The SMILES string of the molecule is CCNC(CC)c1ccc(N(CC)CC2CC2)cn1. The summed E-state index contributed by atoms with van der Waals surface area (Å²) >= 11 is 0. The second-order valence-electron chi connectivity index (χ2n) is 5.44. The van der Waals surface area contributed by atoms with E-state index in [2.05, 4.69) is 48.1 Å². The van der Waals surface area contributed by atoms with E-state index in [0.29, 0.717) is 6.04 Å². The van der Waals surface area contributed by atoms with Crippen LogP contribution in [0.2, 0.25) is 0 Å². The number of nitrogens with one attached hydrogen (secondary N) is 1. The van der Waals surface area contributed by atoms with Crippen LogP contribution in [0.5, 0.6) is 0 Å². The van der Waals surface area contributed by atoms with Crippen molar-refractivity contribution in [1.29, 1.82) is 0 Å². The van der Waals surface area contributed by atoms with Gasteiger partial charge in [0, 0.05) is 19.1 Å². The highest BCUT2D eigenvalue weighted by molar-refractivity contribution is 5.45. The monoisotopic (exact) mass is 261 g/mol. The lowest BCUT2D eigenvalue weighted by Crippen LogP contribution is -2.26. The fraction of sp³-hybridized carbons (Fsp3) is 0.688. The van der Waals surface area contributed by atoms with Crippen molar-refractivity contribution in [3.63, 3.8) is 0 Å². The smallest absolute Gasteiger partial charge is 0.0574 e. The minimum absolute atomic E-state index is 0.387. The molecule has 0 amide bonds. The second-order valence-corrected chi connectivity index (χ2v) is 5.44. The van der Waals surface area contributed by atoms with E-state index in [1.807, 2.05) is 6.20 Å². The Kier molecular flexibility index (Phi) is 5.20. The summed E-state index contributed by atoms with van der Waals surface area (Å²) in [6, 6.07) is 4.80. The molecule has 2 rings (SSSR count). The predicted molar refractivity (Wildman–Crippen MR) is 81.6 cm³/mol. The Balaban J connectivity index is 2.02. The zero-order valence-corrected chi connectivity index (χ0v) is 12.5. The lowest BCUT2D eigenvalue weighted by atomic mass is 10.1. The third-order valence-electron chi connectivity index (χ3n) is 3.91. The van der Waals surface area contributed by atoms with Crippen LogP contribution >= 0.6 is 0 Å². The number of hydrogen-bond acceptors (Lipinski definition) is 3. The van der Waals surface area contributed by atoms with Crippen LogP contribution < -0.4 is 10.2 Å². The fourth-order valence-electron chi connectivity index (χ4n) is 2.52. The second kappa shape index (κ2) is 6.90. The van der Waals surface area contributed by atoms with Gasteiger partial charge in [0.25, 0.3) is 0 Å². The zero-order chi connectivity index (χ0) is 13.7. The Morgan fingerprint density at radius 2 is 2.11 bits per heavy atom. The van der Waals surface area contributed by atoms with Crippen LogP contribution in [0.1, 0.15) is 51.8 Å². The number of rotatable bonds is 8. The van der Waals surface area contributed by atoms with Gasteiger partial charge in [0.1, 0.15) is 0 Å². The summed E-state index contributed by atoms with van der Waals surface area (Å²) in [5.74, 6) is 0.921. The first kappa shape index (κ1) is 14.3. The first-order chi connectivity index (χ1) is 9.28. The Morgan fingerprint density at radius 1 is 1.32 bits per heavy atom. The third kappa shape index (κ3) is 3.93. The minimum Gasteiger partial charge on any atom is -0.370 e. The number of aromatic nitrogens is 1. The highest BCUT2D eigenvalue weighted by Gasteiger charge is 2.24. The van der Waals surface area contributed by atoms with Crippen molar-refractivity contribution in [3.05, 3.63) is 24.0 Å². The zero-order valence-electron chi connectivity index (χ0n) is 12.5. The van der Waals surface area contributed by atoms with Crippen molar-refractivity contribution in [2.24, 2.45) is 5.92 Å².